The van der Waals surface area contributed by atoms with Crippen LogP contribution >= 0.6 is 0 Å². The molecule has 0 saturated heterocycles. The quantitative estimate of drug-likeness (QED) is 0.0163. The fourth-order valence-electron chi connectivity index (χ4n) is 10.8. The van der Waals surface area contributed by atoms with Crippen molar-refractivity contribution >= 4 is 57.6 Å². The van der Waals surface area contributed by atoms with E-state index >= 15 is 0 Å². The standard InChI is InChI=1S/C35H51N3O4.C32H29N3O5/c1-5-8-10-12-13-15-17-22-27(21-16-14-11-9-6-2)34(40)37-30-24-31(39)38-25-29(28-23-19-18-20-26(28)4)32(33(38)36-30)35(41)42-7-3;1-19-15-20(2)28(21(3)16-19)40-32(38)27-25(23-11-7-5-8-12-23)17-35-30(27)34-29(26(22(4)36)31(35)37)33-18-39-24-13-9-6-10-14-24/h18-20,23-24,27H,5-17,21-22,25H2,1-4H3,(H,37,40);5-16,33H,17-18H2,1-4H3. The number of amides is 1. The number of anilines is 2. The zero-order valence-electron chi connectivity index (χ0n) is 49.1. The SMILES string of the molecule is CC(=O)c1c(NCOc2ccccc2)nc2n(c1=O)CC(c1ccccc1)=C2C(=O)Oc1c(C)cc(C)cc1C.CCCCCCCCCC(CCCCCCC)C(=O)Nc1cc(=O)n2c(n1)C(C(=O)OCC)=C(c1ccccc1C)C2. The highest BCUT2D eigenvalue weighted by molar-refractivity contribution is 6.26. The summed E-state index contributed by atoms with van der Waals surface area (Å²) < 4.78 is 19.9. The van der Waals surface area contributed by atoms with Crippen LogP contribution in [-0.2, 0) is 32.2 Å². The second-order valence-electron chi connectivity index (χ2n) is 21.3. The number of ketones is 1. The Morgan fingerprint density at radius 1 is 0.622 bits per heavy atom. The van der Waals surface area contributed by atoms with E-state index in [0.29, 0.717) is 22.6 Å². The molecule has 15 nitrogen and oxygen atoms in total. The number of aryl methyl sites for hydroxylation is 4. The number of nitrogens with one attached hydrogen (secondary N) is 2. The second-order valence-corrected chi connectivity index (χ2v) is 21.3. The fourth-order valence-corrected chi connectivity index (χ4v) is 10.8. The number of esters is 2. The summed E-state index contributed by atoms with van der Waals surface area (Å²) in [7, 11) is 0. The molecular weight excluding hydrogens is 1030 g/mol. The number of rotatable bonds is 27. The summed E-state index contributed by atoms with van der Waals surface area (Å²) in [5.41, 5.74) is 6.14. The number of nitrogens with zero attached hydrogens (tertiary/aromatic N) is 4. The average molecular weight is 1110 g/mol. The molecule has 0 spiro atoms. The summed E-state index contributed by atoms with van der Waals surface area (Å²) in [6, 6.07) is 31.5. The van der Waals surface area contributed by atoms with Gasteiger partial charge >= 0.3 is 11.9 Å². The van der Waals surface area contributed by atoms with Crippen LogP contribution in [0.2, 0.25) is 0 Å². The van der Waals surface area contributed by atoms with E-state index in [1.165, 1.54) is 73.5 Å². The number of unbranched alkanes of at least 4 members (excludes halogenated alkanes) is 10. The number of fused-ring (bicyclic) bond motifs is 2. The van der Waals surface area contributed by atoms with Gasteiger partial charge in [-0.3, -0.25) is 28.3 Å². The second kappa shape index (κ2) is 30.0. The van der Waals surface area contributed by atoms with Gasteiger partial charge in [-0.25, -0.2) is 19.6 Å². The Kier molecular flexibility index (Phi) is 22.5. The van der Waals surface area contributed by atoms with Crippen molar-refractivity contribution in [2.24, 2.45) is 5.92 Å². The van der Waals surface area contributed by atoms with Crippen LogP contribution in [0.1, 0.15) is 173 Å². The summed E-state index contributed by atoms with van der Waals surface area (Å²) in [4.78, 5) is 89.3. The van der Waals surface area contributed by atoms with Crippen LogP contribution < -0.4 is 31.2 Å². The number of carbonyl (C=O) groups is 4. The molecular formula is C67H80N6O9. The largest absolute Gasteiger partial charge is 0.473 e. The highest BCUT2D eigenvalue weighted by atomic mass is 16.5. The molecule has 1 amide bonds. The summed E-state index contributed by atoms with van der Waals surface area (Å²) >= 11 is 0. The minimum absolute atomic E-state index is 0.0435. The molecule has 82 heavy (non-hydrogen) atoms. The van der Waals surface area contributed by atoms with E-state index in [1.807, 2.05) is 113 Å². The number of Topliss-reactive ketones (excluding diaryl/α,β-unsaturated/α-hetero) is 1. The molecule has 4 heterocycles. The number of allylic oxidation sites excluding steroid dienone is 2. The van der Waals surface area contributed by atoms with Gasteiger partial charge in [-0.2, -0.15) is 0 Å². The van der Waals surface area contributed by atoms with Crippen molar-refractivity contribution in [2.75, 3.05) is 24.0 Å². The molecule has 6 aromatic rings. The molecule has 8 rings (SSSR count). The van der Waals surface area contributed by atoms with Crippen molar-refractivity contribution in [1.82, 2.24) is 19.1 Å². The van der Waals surface area contributed by atoms with E-state index in [9.17, 15) is 28.8 Å². The maximum absolute atomic E-state index is 13.8. The lowest BCUT2D eigenvalue weighted by molar-refractivity contribution is -0.136. The zero-order chi connectivity index (χ0) is 58.7. The Bertz CT molecular complexity index is 3390. The predicted octanol–water partition coefficient (Wildman–Crippen LogP) is 13.4. The van der Waals surface area contributed by atoms with Gasteiger partial charge in [0, 0.05) is 12.0 Å². The number of hydrogen-bond acceptors (Lipinski definition) is 12. The number of hydrogen-bond donors (Lipinski definition) is 2. The molecule has 2 aliphatic heterocycles. The summed E-state index contributed by atoms with van der Waals surface area (Å²) in [6.07, 6.45) is 15.9. The molecule has 1 atom stereocenters. The first-order chi connectivity index (χ1) is 39.6. The zero-order valence-corrected chi connectivity index (χ0v) is 49.1. The maximum Gasteiger partial charge on any atom is 0.347 e. The van der Waals surface area contributed by atoms with Crippen LogP contribution in [0.15, 0.2) is 113 Å². The molecule has 0 bridgehead atoms. The van der Waals surface area contributed by atoms with Crippen LogP contribution in [0.5, 0.6) is 11.5 Å². The Morgan fingerprint density at radius 2 is 1.18 bits per heavy atom. The molecule has 0 radical (unpaired) electrons. The number of aromatic nitrogens is 4. The lowest BCUT2D eigenvalue weighted by Crippen LogP contribution is -2.30. The summed E-state index contributed by atoms with van der Waals surface area (Å²) in [6.45, 7) is 15.7. The number of para-hydroxylation sites is 1. The lowest BCUT2D eigenvalue weighted by atomic mass is 9.93. The van der Waals surface area contributed by atoms with Gasteiger partial charge in [-0.1, -0.05) is 181 Å². The minimum Gasteiger partial charge on any atom is -0.473 e. The summed E-state index contributed by atoms with van der Waals surface area (Å²) in [5.74, 6) is -0.117. The maximum atomic E-state index is 13.8. The number of carbonyl (C=O) groups excluding carboxylic acids is 4. The Labute approximate surface area is 482 Å². The fraction of sp³-hybridized carbons (Fsp3) is 0.403. The normalized spacial score (nSPS) is 12.7. The Hall–Kier alpha value is -8.20. The molecule has 2 aliphatic rings. The monoisotopic (exact) mass is 1110 g/mol. The average Bonchev–Trinajstić information content (AvgIpc) is 2.81. The van der Waals surface area contributed by atoms with Crippen LogP contribution in [0.3, 0.4) is 0 Å². The Morgan fingerprint density at radius 3 is 1.79 bits per heavy atom. The van der Waals surface area contributed by atoms with E-state index in [2.05, 4.69) is 34.4 Å². The molecule has 1 unspecified atom stereocenters. The Balaban J connectivity index is 0.000000236. The molecule has 0 fully saturated rings. The highest BCUT2D eigenvalue weighted by Gasteiger charge is 2.36. The van der Waals surface area contributed by atoms with Crippen molar-refractivity contribution in [3.8, 4) is 11.5 Å². The molecule has 0 saturated carbocycles. The molecule has 2 N–H and O–H groups in total. The van der Waals surface area contributed by atoms with E-state index in [0.717, 1.165) is 71.9 Å². The van der Waals surface area contributed by atoms with E-state index in [-0.39, 0.29) is 83.8 Å². The molecule has 4 aromatic carbocycles. The van der Waals surface area contributed by atoms with E-state index in [1.54, 1.807) is 19.1 Å². The highest BCUT2D eigenvalue weighted by Crippen LogP contribution is 2.38. The molecule has 432 valence electrons. The topological polar surface area (TPSA) is 190 Å². The van der Waals surface area contributed by atoms with Gasteiger partial charge in [0.15, 0.2) is 24.2 Å². The summed E-state index contributed by atoms with van der Waals surface area (Å²) in [5, 5.41) is 5.91. The van der Waals surface area contributed by atoms with Gasteiger partial charge in [0.05, 0.1) is 19.7 Å². The van der Waals surface area contributed by atoms with Crippen molar-refractivity contribution in [3.05, 3.63) is 174 Å². The molecule has 15 heteroatoms. The van der Waals surface area contributed by atoms with Crippen LogP contribution in [0.4, 0.5) is 11.6 Å². The van der Waals surface area contributed by atoms with E-state index in [4.69, 9.17) is 14.2 Å². The third kappa shape index (κ3) is 15.6. The van der Waals surface area contributed by atoms with Crippen molar-refractivity contribution in [2.45, 2.75) is 158 Å². The van der Waals surface area contributed by atoms with Crippen LogP contribution in [0, 0.1) is 33.6 Å². The third-order valence-electron chi connectivity index (χ3n) is 14.9. The van der Waals surface area contributed by atoms with Crippen LogP contribution in [0.25, 0.3) is 22.3 Å². The van der Waals surface area contributed by atoms with Gasteiger partial charge in [0.2, 0.25) is 5.91 Å². The van der Waals surface area contributed by atoms with Gasteiger partial charge in [-0.05, 0) is 105 Å². The predicted molar refractivity (Wildman–Crippen MR) is 325 cm³/mol. The van der Waals surface area contributed by atoms with Crippen molar-refractivity contribution in [3.63, 3.8) is 0 Å². The number of benzene rings is 4. The van der Waals surface area contributed by atoms with Gasteiger partial charge in [0.1, 0.15) is 39.8 Å². The first kappa shape index (κ1) is 61.4. The third-order valence-corrected chi connectivity index (χ3v) is 14.9. The van der Waals surface area contributed by atoms with E-state index < -0.39 is 23.3 Å². The molecule has 2 aromatic heterocycles. The minimum atomic E-state index is -0.630. The van der Waals surface area contributed by atoms with Gasteiger partial charge < -0.3 is 24.8 Å². The molecule has 0 aliphatic carbocycles. The van der Waals surface area contributed by atoms with Gasteiger partial charge in [-0.15, -0.1) is 0 Å². The smallest absolute Gasteiger partial charge is 0.347 e. The first-order valence-electron chi connectivity index (χ1n) is 29.2. The number of ether oxygens (including phenoxy) is 3. The first-order valence-corrected chi connectivity index (χ1v) is 29.2. The van der Waals surface area contributed by atoms with Gasteiger partial charge in [0.25, 0.3) is 11.1 Å². The van der Waals surface area contributed by atoms with Crippen molar-refractivity contribution in [1.29, 1.82) is 0 Å². The van der Waals surface area contributed by atoms with Crippen molar-refractivity contribution < 1.29 is 33.4 Å². The van der Waals surface area contributed by atoms with Crippen LogP contribution in [-0.4, -0.2) is 56.1 Å². The lowest BCUT2D eigenvalue weighted by Gasteiger charge is -2.17.